The van der Waals surface area contributed by atoms with Gasteiger partial charge in [0.15, 0.2) is 5.13 Å². The Bertz CT molecular complexity index is 1440. The fourth-order valence-corrected chi connectivity index (χ4v) is 5.79. The molecule has 0 aliphatic carbocycles. The molecule has 7 nitrogen and oxygen atoms in total. The Morgan fingerprint density at radius 1 is 1.12 bits per heavy atom. The van der Waals surface area contributed by atoms with E-state index in [1.54, 1.807) is 6.07 Å². The molecule has 0 saturated heterocycles. The van der Waals surface area contributed by atoms with Crippen LogP contribution in [0.15, 0.2) is 52.2 Å². The molecule has 3 heterocycles. The lowest BCUT2D eigenvalue weighted by Crippen LogP contribution is -2.12. The van der Waals surface area contributed by atoms with E-state index in [9.17, 15) is 15.3 Å². The van der Waals surface area contributed by atoms with Gasteiger partial charge in [-0.25, -0.2) is 9.97 Å². The van der Waals surface area contributed by atoms with Gasteiger partial charge in [0.1, 0.15) is 28.5 Å². The summed E-state index contributed by atoms with van der Waals surface area (Å²) in [7, 11) is 0. The standard InChI is InChI=1S/C23H15ClN6OS3/c24-16-5-2-1-4-13(16)17-12-34-23(28-17)29-19(31)7-9-33-22-15(11-26)20(18-6-3-8-32-18)14(10-25)21(27)30-22/h1-6,8,12H,7,9H2,(H2,27,30)(H,28,29,31). The molecule has 34 heavy (non-hydrogen) atoms. The predicted molar refractivity (Wildman–Crippen MR) is 138 cm³/mol. The van der Waals surface area contributed by atoms with Crippen LogP contribution in [0.25, 0.3) is 21.7 Å². The summed E-state index contributed by atoms with van der Waals surface area (Å²) < 4.78 is 0. The Labute approximate surface area is 212 Å². The largest absolute Gasteiger partial charge is 0.383 e. The lowest BCUT2D eigenvalue weighted by atomic mass is 10.0. The highest BCUT2D eigenvalue weighted by atomic mass is 35.5. The number of thiazole rings is 1. The quantitative estimate of drug-likeness (QED) is 0.283. The minimum absolute atomic E-state index is 0.0618. The number of thiophene rings is 1. The van der Waals surface area contributed by atoms with Crippen molar-refractivity contribution in [1.82, 2.24) is 9.97 Å². The first-order valence-electron chi connectivity index (χ1n) is 9.82. The highest BCUT2D eigenvalue weighted by Crippen LogP contribution is 2.38. The van der Waals surface area contributed by atoms with Gasteiger partial charge in [-0.15, -0.1) is 34.4 Å². The molecule has 1 aromatic carbocycles. The summed E-state index contributed by atoms with van der Waals surface area (Å²) in [6.07, 6.45) is 0.173. The number of nitrogens with zero attached hydrogens (tertiary/aromatic N) is 4. The van der Waals surface area contributed by atoms with Crippen molar-refractivity contribution in [1.29, 1.82) is 10.5 Å². The summed E-state index contributed by atoms with van der Waals surface area (Å²) in [4.78, 5) is 21.9. The van der Waals surface area contributed by atoms with Gasteiger partial charge in [-0.2, -0.15) is 10.5 Å². The molecule has 3 N–H and O–H groups in total. The Kier molecular flexibility index (Phi) is 7.46. The van der Waals surface area contributed by atoms with E-state index in [-0.39, 0.29) is 29.3 Å². The van der Waals surface area contributed by atoms with E-state index < -0.39 is 0 Å². The van der Waals surface area contributed by atoms with Crippen molar-refractivity contribution in [3.8, 4) is 33.8 Å². The number of halogens is 1. The summed E-state index contributed by atoms with van der Waals surface area (Å²) in [5.74, 6) is 0.212. The molecule has 1 amide bonds. The predicted octanol–water partition coefficient (Wildman–Crippen LogP) is 6.03. The van der Waals surface area contributed by atoms with Crippen LogP contribution >= 0.6 is 46.0 Å². The molecular formula is C23H15ClN6OS3. The molecular weight excluding hydrogens is 508 g/mol. The van der Waals surface area contributed by atoms with Crippen LogP contribution in [0, 0.1) is 22.7 Å². The molecule has 0 unspecified atom stereocenters. The van der Waals surface area contributed by atoms with Gasteiger partial charge in [0.2, 0.25) is 5.91 Å². The first kappa shape index (κ1) is 23.7. The Balaban J connectivity index is 1.44. The zero-order chi connectivity index (χ0) is 24.1. The molecule has 168 valence electrons. The second-order valence-corrected chi connectivity index (χ2v) is 10.1. The van der Waals surface area contributed by atoms with E-state index in [0.29, 0.717) is 32.2 Å². The van der Waals surface area contributed by atoms with Crippen molar-refractivity contribution in [3.63, 3.8) is 0 Å². The van der Waals surface area contributed by atoms with Crippen molar-refractivity contribution >= 4 is 62.9 Å². The molecule has 4 rings (SSSR count). The molecule has 0 fully saturated rings. The van der Waals surface area contributed by atoms with Crippen LogP contribution in [0.5, 0.6) is 0 Å². The average Bonchev–Trinajstić information content (AvgIpc) is 3.51. The number of benzene rings is 1. The Morgan fingerprint density at radius 3 is 2.62 bits per heavy atom. The topological polar surface area (TPSA) is 128 Å². The summed E-state index contributed by atoms with van der Waals surface area (Å²) in [5.41, 5.74) is 8.44. The number of carbonyl (C=O) groups excluding carboxylic acids is 1. The molecule has 0 radical (unpaired) electrons. The van der Waals surface area contributed by atoms with Crippen molar-refractivity contribution in [3.05, 3.63) is 63.3 Å². The average molecular weight is 523 g/mol. The third-order valence-corrected chi connectivity index (χ3v) is 7.60. The van der Waals surface area contributed by atoms with Crippen LogP contribution in [-0.4, -0.2) is 21.6 Å². The van der Waals surface area contributed by atoms with Gasteiger partial charge in [-0.1, -0.05) is 35.9 Å². The van der Waals surface area contributed by atoms with Gasteiger partial charge >= 0.3 is 0 Å². The lowest BCUT2D eigenvalue weighted by molar-refractivity contribution is -0.115. The molecule has 0 atom stereocenters. The fourth-order valence-electron chi connectivity index (χ4n) is 3.12. The number of nitrogens with one attached hydrogen (secondary N) is 1. The van der Waals surface area contributed by atoms with Crippen LogP contribution < -0.4 is 11.1 Å². The molecule has 0 aliphatic heterocycles. The number of aromatic nitrogens is 2. The number of hydrogen-bond acceptors (Lipinski definition) is 9. The molecule has 11 heteroatoms. The van der Waals surface area contributed by atoms with Gasteiger partial charge in [0, 0.05) is 38.6 Å². The zero-order valence-electron chi connectivity index (χ0n) is 17.4. The number of amides is 1. The molecule has 0 bridgehead atoms. The maximum atomic E-state index is 12.5. The number of pyridine rings is 1. The number of nitrogen functional groups attached to an aromatic ring is 1. The minimum Gasteiger partial charge on any atom is -0.383 e. The van der Waals surface area contributed by atoms with Crippen molar-refractivity contribution in [2.75, 3.05) is 16.8 Å². The Hall–Kier alpha value is -3.41. The number of anilines is 2. The van der Waals surface area contributed by atoms with Gasteiger partial charge in [0.25, 0.3) is 0 Å². The van der Waals surface area contributed by atoms with E-state index in [2.05, 4.69) is 27.4 Å². The second kappa shape index (κ2) is 10.7. The van der Waals surface area contributed by atoms with Crippen molar-refractivity contribution < 1.29 is 4.79 Å². The minimum atomic E-state index is -0.217. The number of thioether (sulfide) groups is 1. The third-order valence-electron chi connectivity index (χ3n) is 4.65. The molecule has 0 spiro atoms. The Morgan fingerprint density at radius 2 is 1.91 bits per heavy atom. The van der Waals surface area contributed by atoms with Crippen LogP contribution in [0.4, 0.5) is 10.9 Å². The van der Waals surface area contributed by atoms with E-state index in [1.165, 1.54) is 34.4 Å². The lowest BCUT2D eigenvalue weighted by Gasteiger charge is -2.11. The van der Waals surface area contributed by atoms with E-state index in [0.717, 1.165) is 10.4 Å². The summed E-state index contributed by atoms with van der Waals surface area (Å²) in [5, 5.41) is 27.3. The number of nitriles is 2. The first-order valence-corrected chi connectivity index (χ1v) is 12.9. The number of rotatable bonds is 7. The van der Waals surface area contributed by atoms with Crippen LogP contribution in [0.2, 0.25) is 5.02 Å². The zero-order valence-corrected chi connectivity index (χ0v) is 20.6. The molecule has 0 aliphatic rings. The number of nitrogens with two attached hydrogens (primary N) is 1. The summed E-state index contributed by atoms with van der Waals surface area (Å²) in [6.45, 7) is 0. The maximum Gasteiger partial charge on any atom is 0.226 e. The molecule has 3 aromatic heterocycles. The highest BCUT2D eigenvalue weighted by Gasteiger charge is 2.21. The van der Waals surface area contributed by atoms with E-state index >= 15 is 0 Å². The smallest absolute Gasteiger partial charge is 0.226 e. The van der Waals surface area contributed by atoms with E-state index in [1.807, 2.05) is 41.1 Å². The van der Waals surface area contributed by atoms with Crippen molar-refractivity contribution in [2.24, 2.45) is 0 Å². The highest BCUT2D eigenvalue weighted by molar-refractivity contribution is 7.99. The van der Waals surface area contributed by atoms with Crippen LogP contribution in [0.1, 0.15) is 17.5 Å². The van der Waals surface area contributed by atoms with Gasteiger partial charge in [-0.3, -0.25) is 4.79 Å². The van der Waals surface area contributed by atoms with Gasteiger partial charge in [0.05, 0.1) is 11.3 Å². The second-order valence-electron chi connectivity index (χ2n) is 6.79. The first-order chi connectivity index (χ1) is 16.5. The fraction of sp³-hybridized carbons (Fsp3) is 0.0870. The number of hydrogen-bond donors (Lipinski definition) is 2. The number of carbonyl (C=O) groups is 1. The van der Waals surface area contributed by atoms with Gasteiger partial charge < -0.3 is 11.1 Å². The monoisotopic (exact) mass is 522 g/mol. The summed E-state index contributed by atoms with van der Waals surface area (Å²) >= 11 is 10.2. The van der Waals surface area contributed by atoms with Gasteiger partial charge in [-0.05, 0) is 17.5 Å². The molecule has 4 aromatic rings. The maximum absolute atomic E-state index is 12.5. The normalized spacial score (nSPS) is 10.4. The SMILES string of the molecule is N#Cc1c(N)nc(SCCC(=O)Nc2nc(-c3ccccc3Cl)cs2)c(C#N)c1-c1cccs1. The summed E-state index contributed by atoms with van der Waals surface area (Å²) in [6, 6.07) is 15.2. The van der Waals surface area contributed by atoms with Crippen molar-refractivity contribution in [2.45, 2.75) is 11.4 Å². The molecule has 0 saturated carbocycles. The van der Waals surface area contributed by atoms with Crippen LogP contribution in [-0.2, 0) is 4.79 Å². The van der Waals surface area contributed by atoms with E-state index in [4.69, 9.17) is 17.3 Å². The van der Waals surface area contributed by atoms with Crippen LogP contribution in [0.3, 0.4) is 0 Å². The third kappa shape index (κ3) is 5.06.